The summed E-state index contributed by atoms with van der Waals surface area (Å²) in [7, 11) is -1.85. The second-order valence-corrected chi connectivity index (χ2v) is 8.50. The van der Waals surface area contributed by atoms with Crippen LogP contribution in [-0.2, 0) is 10.0 Å². The lowest BCUT2D eigenvalue weighted by atomic mass is 9.87. The van der Waals surface area contributed by atoms with E-state index in [9.17, 15) is 8.42 Å². The summed E-state index contributed by atoms with van der Waals surface area (Å²) in [5, 5.41) is 0. The first kappa shape index (κ1) is 15.8. The van der Waals surface area contributed by atoms with Crippen LogP contribution < -0.4 is 5.73 Å². The van der Waals surface area contributed by atoms with Crippen LogP contribution in [0.2, 0.25) is 0 Å². The van der Waals surface area contributed by atoms with E-state index in [0.717, 1.165) is 30.2 Å². The predicted octanol–water partition coefficient (Wildman–Crippen LogP) is 3.23. The maximum absolute atomic E-state index is 12.7. The Bertz CT molecular complexity index is 581. The molecule has 1 saturated carbocycles. The summed E-state index contributed by atoms with van der Waals surface area (Å²) >= 11 is 3.29. The van der Waals surface area contributed by atoms with Gasteiger partial charge in [0.2, 0.25) is 10.0 Å². The van der Waals surface area contributed by atoms with E-state index in [4.69, 9.17) is 5.73 Å². The van der Waals surface area contributed by atoms with E-state index in [1.807, 2.05) is 0 Å². The van der Waals surface area contributed by atoms with Gasteiger partial charge >= 0.3 is 0 Å². The van der Waals surface area contributed by atoms with E-state index < -0.39 is 10.0 Å². The highest BCUT2D eigenvalue weighted by molar-refractivity contribution is 9.10. The molecule has 20 heavy (non-hydrogen) atoms. The van der Waals surface area contributed by atoms with Crippen molar-refractivity contribution in [1.82, 2.24) is 4.31 Å². The van der Waals surface area contributed by atoms with E-state index in [1.165, 1.54) is 4.31 Å². The molecule has 0 bridgehead atoms. The second-order valence-electron chi connectivity index (χ2n) is 5.62. The van der Waals surface area contributed by atoms with Crippen molar-refractivity contribution >= 4 is 31.6 Å². The molecule has 2 rings (SSSR count). The fourth-order valence-electron chi connectivity index (χ4n) is 2.71. The molecule has 0 saturated heterocycles. The number of benzene rings is 1. The Kier molecular flexibility index (Phi) is 4.76. The molecular weight excluding hydrogens is 340 g/mol. The molecule has 0 amide bonds. The van der Waals surface area contributed by atoms with Gasteiger partial charge in [0.1, 0.15) is 4.90 Å². The molecule has 1 aliphatic carbocycles. The molecule has 0 unspecified atom stereocenters. The maximum Gasteiger partial charge on any atom is 0.245 e. The Morgan fingerprint density at radius 1 is 1.25 bits per heavy atom. The van der Waals surface area contributed by atoms with Gasteiger partial charge in [-0.05, 0) is 49.8 Å². The molecule has 0 heterocycles. The predicted molar refractivity (Wildman–Crippen MR) is 84.9 cm³/mol. The van der Waals surface area contributed by atoms with E-state index in [2.05, 4.69) is 22.9 Å². The van der Waals surface area contributed by atoms with Gasteiger partial charge in [0, 0.05) is 17.6 Å². The Labute approximate surface area is 129 Å². The van der Waals surface area contributed by atoms with Gasteiger partial charge in [-0.25, -0.2) is 8.42 Å². The van der Waals surface area contributed by atoms with E-state index >= 15 is 0 Å². The Hall–Kier alpha value is -0.590. The number of hydrogen-bond donors (Lipinski definition) is 1. The molecule has 0 aromatic heterocycles. The van der Waals surface area contributed by atoms with Crippen molar-refractivity contribution in [1.29, 1.82) is 0 Å². The normalized spacial score (nSPS) is 24.0. The maximum atomic E-state index is 12.7. The monoisotopic (exact) mass is 360 g/mol. The van der Waals surface area contributed by atoms with Gasteiger partial charge in [0.15, 0.2) is 0 Å². The summed E-state index contributed by atoms with van der Waals surface area (Å²) in [6.07, 6.45) is 4.02. The average Bonchev–Trinajstić information content (AvgIpc) is 2.38. The van der Waals surface area contributed by atoms with Crippen LogP contribution in [0.3, 0.4) is 0 Å². The van der Waals surface area contributed by atoms with Crippen molar-refractivity contribution in [2.75, 3.05) is 12.8 Å². The highest BCUT2D eigenvalue weighted by atomic mass is 79.9. The Morgan fingerprint density at radius 2 is 1.85 bits per heavy atom. The third kappa shape index (κ3) is 3.18. The van der Waals surface area contributed by atoms with Gasteiger partial charge in [-0.2, -0.15) is 4.31 Å². The minimum atomic E-state index is -3.52. The molecule has 112 valence electrons. The summed E-state index contributed by atoms with van der Waals surface area (Å²) in [4.78, 5) is 0.196. The van der Waals surface area contributed by atoms with Crippen LogP contribution in [0.25, 0.3) is 0 Å². The van der Waals surface area contributed by atoms with Crippen LogP contribution in [0.1, 0.15) is 32.6 Å². The number of halogens is 1. The fraction of sp³-hybridized carbons (Fsp3) is 0.571. The first-order valence-corrected chi connectivity index (χ1v) is 9.08. The van der Waals surface area contributed by atoms with Crippen molar-refractivity contribution in [3.8, 4) is 0 Å². The van der Waals surface area contributed by atoms with Gasteiger partial charge in [-0.15, -0.1) is 0 Å². The standard InChI is InChI=1S/C14H21BrN2O2S/c1-10-3-6-12(7-4-10)17(2)20(18,19)14-8-5-11(15)9-13(14)16/h5,8-10,12H,3-4,6-7,16H2,1-2H3. The summed E-state index contributed by atoms with van der Waals surface area (Å²) in [5.74, 6) is 0.695. The molecule has 0 atom stereocenters. The Balaban J connectivity index is 2.25. The van der Waals surface area contributed by atoms with Crippen molar-refractivity contribution in [3.63, 3.8) is 0 Å². The lowest BCUT2D eigenvalue weighted by Gasteiger charge is -2.33. The molecular formula is C14H21BrN2O2S. The van der Waals surface area contributed by atoms with Crippen LogP contribution in [0.4, 0.5) is 5.69 Å². The van der Waals surface area contributed by atoms with E-state index in [1.54, 1.807) is 25.2 Å². The molecule has 1 aliphatic rings. The smallest absolute Gasteiger partial charge is 0.245 e. The van der Waals surface area contributed by atoms with E-state index in [0.29, 0.717) is 5.92 Å². The lowest BCUT2D eigenvalue weighted by molar-refractivity contribution is 0.246. The Morgan fingerprint density at radius 3 is 2.40 bits per heavy atom. The zero-order valence-electron chi connectivity index (χ0n) is 11.8. The molecule has 1 aromatic carbocycles. The third-order valence-corrected chi connectivity index (χ3v) is 6.61. The zero-order chi connectivity index (χ0) is 14.9. The summed E-state index contributed by atoms with van der Waals surface area (Å²) in [6, 6.07) is 4.99. The number of nitrogens with two attached hydrogens (primary N) is 1. The quantitative estimate of drug-likeness (QED) is 0.841. The highest BCUT2D eigenvalue weighted by Crippen LogP contribution is 2.31. The molecule has 2 N–H and O–H groups in total. The number of sulfonamides is 1. The van der Waals surface area contributed by atoms with E-state index in [-0.39, 0.29) is 16.6 Å². The third-order valence-electron chi connectivity index (χ3n) is 4.13. The van der Waals surface area contributed by atoms with Crippen molar-refractivity contribution in [2.45, 2.75) is 43.5 Å². The molecule has 0 spiro atoms. The number of anilines is 1. The molecule has 1 fully saturated rings. The van der Waals surface area contributed by atoms with Crippen molar-refractivity contribution < 1.29 is 8.42 Å². The SMILES string of the molecule is CC1CCC(N(C)S(=O)(=O)c2ccc(Br)cc2N)CC1. The van der Waals surface area contributed by atoms with Crippen LogP contribution in [0.15, 0.2) is 27.6 Å². The van der Waals surface area contributed by atoms with Gasteiger partial charge in [-0.1, -0.05) is 22.9 Å². The molecule has 1 aromatic rings. The minimum absolute atomic E-state index is 0.0826. The summed E-state index contributed by atoms with van der Waals surface area (Å²) in [6.45, 7) is 2.22. The van der Waals surface area contributed by atoms with Gasteiger partial charge in [0.25, 0.3) is 0 Å². The average molecular weight is 361 g/mol. The van der Waals surface area contributed by atoms with Gasteiger partial charge in [0.05, 0.1) is 5.69 Å². The lowest BCUT2D eigenvalue weighted by Crippen LogP contribution is -2.39. The molecule has 6 heteroatoms. The molecule has 4 nitrogen and oxygen atoms in total. The summed E-state index contributed by atoms with van der Waals surface area (Å²) in [5.41, 5.74) is 6.15. The van der Waals surface area contributed by atoms with Gasteiger partial charge < -0.3 is 5.73 Å². The molecule has 0 radical (unpaired) electrons. The number of nitrogens with zero attached hydrogens (tertiary/aromatic N) is 1. The van der Waals surface area contributed by atoms with Crippen molar-refractivity contribution in [2.24, 2.45) is 5.92 Å². The zero-order valence-corrected chi connectivity index (χ0v) is 14.2. The van der Waals surface area contributed by atoms with Crippen LogP contribution in [0, 0.1) is 5.92 Å². The molecule has 0 aliphatic heterocycles. The summed E-state index contributed by atoms with van der Waals surface area (Å²) < 4.78 is 27.6. The minimum Gasteiger partial charge on any atom is -0.398 e. The topological polar surface area (TPSA) is 63.4 Å². The first-order chi connectivity index (χ1) is 9.32. The van der Waals surface area contributed by atoms with Gasteiger partial charge in [-0.3, -0.25) is 0 Å². The first-order valence-electron chi connectivity index (χ1n) is 6.85. The van der Waals surface area contributed by atoms with Crippen LogP contribution in [0.5, 0.6) is 0 Å². The number of nitrogen functional groups attached to an aromatic ring is 1. The van der Waals surface area contributed by atoms with Crippen LogP contribution >= 0.6 is 15.9 Å². The number of rotatable bonds is 3. The number of hydrogen-bond acceptors (Lipinski definition) is 3. The largest absolute Gasteiger partial charge is 0.398 e. The fourth-order valence-corrected chi connectivity index (χ4v) is 4.60. The van der Waals surface area contributed by atoms with Crippen LogP contribution in [-0.4, -0.2) is 25.8 Å². The van der Waals surface area contributed by atoms with Crippen molar-refractivity contribution in [3.05, 3.63) is 22.7 Å². The second kappa shape index (κ2) is 6.03. The highest BCUT2D eigenvalue weighted by Gasteiger charge is 2.31.